The Bertz CT molecular complexity index is 929. The number of H-pyrrole nitrogens is 1. The average molecular weight is 413 g/mol. The van der Waals surface area contributed by atoms with E-state index in [1.165, 1.54) is 19.3 Å². The van der Waals surface area contributed by atoms with E-state index in [2.05, 4.69) is 28.2 Å². The van der Waals surface area contributed by atoms with Gasteiger partial charge in [-0.1, -0.05) is 31.4 Å². The van der Waals surface area contributed by atoms with Gasteiger partial charge in [0.15, 0.2) is 0 Å². The van der Waals surface area contributed by atoms with Crippen molar-refractivity contribution in [3.63, 3.8) is 0 Å². The summed E-state index contributed by atoms with van der Waals surface area (Å²) in [6.45, 7) is 5.91. The zero-order chi connectivity index (χ0) is 21.7. The van der Waals surface area contributed by atoms with Crippen LogP contribution >= 0.6 is 0 Å². The van der Waals surface area contributed by atoms with Gasteiger partial charge in [-0.25, -0.2) is 4.79 Å². The van der Waals surface area contributed by atoms with Crippen molar-refractivity contribution in [2.75, 3.05) is 27.2 Å². The van der Waals surface area contributed by atoms with Gasteiger partial charge in [-0.3, -0.25) is 4.79 Å². The SMILES string of the molecule is Cc1ccc(C)c2[nH]c(=O)c(CN(CCCN(C)C)C(=O)NC3CCCCC3)cc12. The van der Waals surface area contributed by atoms with Crippen molar-refractivity contribution in [2.45, 2.75) is 65.0 Å². The maximum Gasteiger partial charge on any atom is 0.317 e. The summed E-state index contributed by atoms with van der Waals surface area (Å²) in [7, 11) is 4.07. The molecule has 1 heterocycles. The molecule has 1 aromatic heterocycles. The zero-order valence-electron chi connectivity index (χ0n) is 18.9. The molecule has 2 amide bonds. The number of pyridine rings is 1. The lowest BCUT2D eigenvalue weighted by Gasteiger charge is -2.29. The van der Waals surface area contributed by atoms with Crippen LogP contribution in [0.15, 0.2) is 23.0 Å². The van der Waals surface area contributed by atoms with E-state index in [9.17, 15) is 9.59 Å². The van der Waals surface area contributed by atoms with Crippen molar-refractivity contribution in [3.05, 3.63) is 45.2 Å². The molecule has 6 nitrogen and oxygen atoms in total. The maximum absolute atomic E-state index is 13.1. The van der Waals surface area contributed by atoms with Gasteiger partial charge < -0.3 is 20.1 Å². The third-order valence-electron chi connectivity index (χ3n) is 6.14. The predicted molar refractivity (Wildman–Crippen MR) is 123 cm³/mol. The molecule has 1 saturated carbocycles. The molecule has 0 unspecified atom stereocenters. The van der Waals surface area contributed by atoms with Gasteiger partial charge in [-0.2, -0.15) is 0 Å². The molecule has 6 heteroatoms. The fraction of sp³-hybridized carbons (Fsp3) is 0.583. The number of aromatic nitrogens is 1. The van der Waals surface area contributed by atoms with Crippen molar-refractivity contribution in [2.24, 2.45) is 0 Å². The van der Waals surface area contributed by atoms with E-state index in [1.807, 2.05) is 33.2 Å². The van der Waals surface area contributed by atoms with Crippen molar-refractivity contribution in [1.82, 2.24) is 20.1 Å². The molecule has 1 aromatic carbocycles. The summed E-state index contributed by atoms with van der Waals surface area (Å²) < 4.78 is 0. The Morgan fingerprint density at radius 3 is 2.50 bits per heavy atom. The van der Waals surface area contributed by atoms with Crippen molar-refractivity contribution in [1.29, 1.82) is 0 Å². The molecule has 1 aliphatic carbocycles. The number of aromatic amines is 1. The van der Waals surface area contributed by atoms with Gasteiger partial charge in [0.1, 0.15) is 0 Å². The molecule has 30 heavy (non-hydrogen) atoms. The van der Waals surface area contributed by atoms with E-state index in [0.717, 1.165) is 47.8 Å². The molecule has 0 radical (unpaired) electrons. The van der Waals surface area contributed by atoms with Crippen LogP contribution in [0.4, 0.5) is 4.79 Å². The van der Waals surface area contributed by atoms with Gasteiger partial charge in [0.2, 0.25) is 0 Å². The Balaban J connectivity index is 1.82. The van der Waals surface area contributed by atoms with Crippen LogP contribution in [0.1, 0.15) is 55.2 Å². The lowest BCUT2D eigenvalue weighted by molar-refractivity contribution is 0.184. The first-order chi connectivity index (χ1) is 14.3. The van der Waals surface area contributed by atoms with Crippen molar-refractivity contribution >= 4 is 16.9 Å². The van der Waals surface area contributed by atoms with Crippen LogP contribution in [0.3, 0.4) is 0 Å². The van der Waals surface area contributed by atoms with E-state index in [4.69, 9.17) is 0 Å². The summed E-state index contributed by atoms with van der Waals surface area (Å²) in [6.07, 6.45) is 6.57. The van der Waals surface area contributed by atoms with Crippen molar-refractivity contribution in [3.8, 4) is 0 Å². The van der Waals surface area contributed by atoms with E-state index in [-0.39, 0.29) is 17.6 Å². The highest BCUT2D eigenvalue weighted by Crippen LogP contribution is 2.21. The summed E-state index contributed by atoms with van der Waals surface area (Å²) in [5, 5.41) is 4.26. The Hall–Kier alpha value is -2.34. The third kappa shape index (κ3) is 5.63. The van der Waals surface area contributed by atoms with Crippen LogP contribution in [0.5, 0.6) is 0 Å². The number of aryl methyl sites for hydroxylation is 2. The zero-order valence-corrected chi connectivity index (χ0v) is 18.9. The Morgan fingerprint density at radius 1 is 1.10 bits per heavy atom. The van der Waals surface area contributed by atoms with E-state index < -0.39 is 0 Å². The topological polar surface area (TPSA) is 68.4 Å². The highest BCUT2D eigenvalue weighted by molar-refractivity contribution is 5.85. The number of nitrogens with one attached hydrogen (secondary N) is 2. The number of rotatable bonds is 7. The first kappa shape index (κ1) is 22.3. The van der Waals surface area contributed by atoms with Crippen LogP contribution in [-0.4, -0.2) is 54.0 Å². The van der Waals surface area contributed by atoms with E-state index in [1.54, 1.807) is 4.90 Å². The normalized spacial score (nSPS) is 15.0. The fourth-order valence-electron chi connectivity index (χ4n) is 4.28. The maximum atomic E-state index is 13.1. The number of nitrogens with zero attached hydrogens (tertiary/aromatic N) is 2. The number of urea groups is 1. The van der Waals surface area contributed by atoms with E-state index >= 15 is 0 Å². The molecule has 1 aliphatic rings. The average Bonchev–Trinajstić information content (AvgIpc) is 2.71. The highest BCUT2D eigenvalue weighted by Gasteiger charge is 2.21. The minimum atomic E-state index is -0.112. The largest absolute Gasteiger partial charge is 0.335 e. The number of benzene rings is 1. The summed E-state index contributed by atoms with van der Waals surface area (Å²) in [6, 6.07) is 6.26. The van der Waals surface area contributed by atoms with Gasteiger partial charge in [-0.05, 0) is 70.9 Å². The Morgan fingerprint density at radius 2 is 1.80 bits per heavy atom. The lowest BCUT2D eigenvalue weighted by Crippen LogP contribution is -2.46. The summed E-state index contributed by atoms with van der Waals surface area (Å²) in [5.74, 6) is 0. The standard InChI is InChI=1S/C24H36N4O2/c1-17-11-12-18(2)22-21(17)15-19(23(29)26-22)16-28(14-8-13-27(3)4)24(30)25-20-9-6-5-7-10-20/h11-12,15,20H,5-10,13-14,16H2,1-4H3,(H,25,30)(H,26,29). The first-order valence-corrected chi connectivity index (χ1v) is 11.2. The van der Waals surface area contributed by atoms with Gasteiger partial charge in [-0.15, -0.1) is 0 Å². The lowest BCUT2D eigenvalue weighted by atomic mass is 9.96. The molecular weight excluding hydrogens is 376 g/mol. The smallest absolute Gasteiger partial charge is 0.317 e. The quantitative estimate of drug-likeness (QED) is 0.724. The molecule has 0 bridgehead atoms. The summed E-state index contributed by atoms with van der Waals surface area (Å²) in [4.78, 5) is 32.8. The van der Waals surface area contributed by atoms with Crippen LogP contribution in [0.25, 0.3) is 10.9 Å². The molecule has 0 saturated heterocycles. The molecule has 2 N–H and O–H groups in total. The number of hydrogen-bond donors (Lipinski definition) is 2. The van der Waals surface area contributed by atoms with Crippen LogP contribution < -0.4 is 10.9 Å². The predicted octanol–water partition coefficient (Wildman–Crippen LogP) is 3.94. The Labute approximate surface area is 179 Å². The molecule has 0 aliphatic heterocycles. The van der Waals surface area contributed by atoms with Gasteiger partial charge in [0, 0.05) is 23.5 Å². The van der Waals surface area contributed by atoms with Gasteiger partial charge in [0.05, 0.1) is 12.1 Å². The third-order valence-corrected chi connectivity index (χ3v) is 6.14. The molecule has 1 fully saturated rings. The highest BCUT2D eigenvalue weighted by atomic mass is 16.2. The van der Waals surface area contributed by atoms with Crippen LogP contribution in [0, 0.1) is 13.8 Å². The molecule has 0 atom stereocenters. The second kappa shape index (κ2) is 10.1. The molecule has 2 aromatic rings. The van der Waals surface area contributed by atoms with Gasteiger partial charge in [0.25, 0.3) is 5.56 Å². The summed E-state index contributed by atoms with van der Waals surface area (Å²) in [5.41, 5.74) is 3.59. The minimum Gasteiger partial charge on any atom is -0.335 e. The van der Waals surface area contributed by atoms with Crippen molar-refractivity contribution < 1.29 is 4.79 Å². The molecule has 164 valence electrons. The number of fused-ring (bicyclic) bond motifs is 1. The first-order valence-electron chi connectivity index (χ1n) is 11.2. The number of carbonyl (C=O) groups excluding carboxylic acids is 1. The van der Waals surface area contributed by atoms with Gasteiger partial charge >= 0.3 is 6.03 Å². The number of hydrogen-bond acceptors (Lipinski definition) is 3. The second-order valence-electron chi connectivity index (χ2n) is 8.97. The fourth-order valence-corrected chi connectivity index (χ4v) is 4.28. The Kier molecular flexibility index (Phi) is 7.53. The van der Waals surface area contributed by atoms with Crippen LogP contribution in [0.2, 0.25) is 0 Å². The van der Waals surface area contributed by atoms with E-state index in [0.29, 0.717) is 18.7 Å². The molecule has 3 rings (SSSR count). The van der Waals surface area contributed by atoms with Crippen LogP contribution in [-0.2, 0) is 6.54 Å². The number of amides is 2. The molecular formula is C24H36N4O2. The monoisotopic (exact) mass is 412 g/mol. The second-order valence-corrected chi connectivity index (χ2v) is 8.97. The summed E-state index contributed by atoms with van der Waals surface area (Å²) >= 11 is 0. The number of carbonyl (C=O) groups is 1. The minimum absolute atomic E-state index is 0.0545. The molecule has 0 spiro atoms.